The van der Waals surface area contributed by atoms with E-state index in [1.54, 1.807) is 0 Å². The van der Waals surface area contributed by atoms with Crippen LogP contribution in [0, 0.1) is 0 Å². The van der Waals surface area contributed by atoms with Crippen LogP contribution in [0.2, 0.25) is 0 Å². The Kier molecular flexibility index (Phi) is 6.28. The molecule has 3 aromatic rings. The van der Waals surface area contributed by atoms with Gasteiger partial charge in [0.05, 0.1) is 11.1 Å². The molecule has 0 saturated carbocycles. The third-order valence-electron chi connectivity index (χ3n) is 7.10. The minimum absolute atomic E-state index is 0.0982. The highest BCUT2D eigenvalue weighted by Crippen LogP contribution is 2.37. The van der Waals surface area contributed by atoms with Gasteiger partial charge >= 0.3 is 0 Å². The fraction of sp³-hybridized carbons (Fsp3) is 0.407. The number of para-hydroxylation sites is 2. The smallest absolute Gasteiger partial charge is 0.258 e. The molecule has 7 nitrogen and oxygen atoms in total. The summed E-state index contributed by atoms with van der Waals surface area (Å²) in [7, 11) is 2.10. The van der Waals surface area contributed by atoms with Gasteiger partial charge in [0.25, 0.3) is 5.91 Å². The average molecular weight is 460 g/mol. The first-order valence-corrected chi connectivity index (χ1v) is 12.3. The van der Waals surface area contributed by atoms with E-state index in [1.807, 2.05) is 47.1 Å². The van der Waals surface area contributed by atoms with Crippen LogP contribution < -0.4 is 4.90 Å². The molecule has 2 aliphatic heterocycles. The summed E-state index contributed by atoms with van der Waals surface area (Å²) >= 11 is 0. The summed E-state index contributed by atoms with van der Waals surface area (Å²) in [5.41, 5.74) is 2.85. The van der Waals surface area contributed by atoms with Gasteiger partial charge in [-0.3, -0.25) is 14.2 Å². The van der Waals surface area contributed by atoms with Crippen LogP contribution >= 0.6 is 0 Å². The highest BCUT2D eigenvalue weighted by molar-refractivity contribution is 6.13. The van der Waals surface area contributed by atoms with E-state index in [0.717, 1.165) is 54.2 Å². The predicted octanol–water partition coefficient (Wildman–Crippen LogP) is 3.08. The van der Waals surface area contributed by atoms with Gasteiger partial charge in [-0.15, -0.1) is 0 Å². The second-order valence-corrected chi connectivity index (χ2v) is 9.20. The molecule has 178 valence electrons. The number of fused-ring (bicyclic) bond motifs is 1. The van der Waals surface area contributed by atoms with Crippen molar-refractivity contribution in [1.29, 1.82) is 0 Å². The molecule has 2 aliphatic rings. The van der Waals surface area contributed by atoms with Crippen molar-refractivity contribution in [2.75, 3.05) is 64.3 Å². The highest BCUT2D eigenvalue weighted by atomic mass is 16.2. The van der Waals surface area contributed by atoms with Crippen LogP contribution in [-0.4, -0.2) is 90.5 Å². The van der Waals surface area contributed by atoms with Crippen molar-refractivity contribution in [3.8, 4) is 5.69 Å². The first kappa shape index (κ1) is 22.5. The van der Waals surface area contributed by atoms with Gasteiger partial charge in [-0.25, -0.2) is 0 Å². The number of nitrogens with zero attached hydrogens (tertiary/aromatic N) is 5. The molecule has 0 bridgehead atoms. The molecule has 2 fully saturated rings. The maximum Gasteiger partial charge on any atom is 0.258 e. The van der Waals surface area contributed by atoms with Crippen molar-refractivity contribution in [3.63, 3.8) is 0 Å². The number of piperazine rings is 2. The maximum absolute atomic E-state index is 14.1. The van der Waals surface area contributed by atoms with Gasteiger partial charge in [0, 0.05) is 69.9 Å². The van der Waals surface area contributed by atoms with Crippen LogP contribution in [0.5, 0.6) is 0 Å². The molecule has 0 atom stereocenters. The number of benzene rings is 2. The van der Waals surface area contributed by atoms with Crippen molar-refractivity contribution < 1.29 is 9.59 Å². The first-order chi connectivity index (χ1) is 16.6. The van der Waals surface area contributed by atoms with Crippen molar-refractivity contribution in [3.05, 3.63) is 60.2 Å². The van der Waals surface area contributed by atoms with Gasteiger partial charge in [0.2, 0.25) is 5.91 Å². The summed E-state index contributed by atoms with van der Waals surface area (Å²) in [6.45, 7) is 7.91. The molecule has 0 radical (unpaired) electrons. The van der Waals surface area contributed by atoms with Crippen LogP contribution in [0.3, 0.4) is 0 Å². The zero-order chi connectivity index (χ0) is 23.7. The molecule has 34 heavy (non-hydrogen) atoms. The van der Waals surface area contributed by atoms with E-state index in [4.69, 9.17) is 0 Å². The Morgan fingerprint density at radius 3 is 2.06 bits per heavy atom. The summed E-state index contributed by atoms with van der Waals surface area (Å²) in [5.74, 6) is 1.23. The lowest BCUT2D eigenvalue weighted by Crippen LogP contribution is -2.50. The SMILES string of the molecule is CCC(=O)N1CCN(c2c(C(=O)N3CCN(C)CC3)c3ccccc3n2-c2ccccc2)CC1. The zero-order valence-corrected chi connectivity index (χ0v) is 20.1. The summed E-state index contributed by atoms with van der Waals surface area (Å²) in [5, 5.41) is 0.984. The molecule has 3 heterocycles. The Balaban J connectivity index is 1.63. The average Bonchev–Trinajstić information content (AvgIpc) is 3.24. The lowest BCUT2D eigenvalue weighted by Gasteiger charge is -2.38. The first-order valence-electron chi connectivity index (χ1n) is 12.3. The molecule has 2 saturated heterocycles. The lowest BCUT2D eigenvalue weighted by atomic mass is 10.1. The van der Waals surface area contributed by atoms with Crippen LogP contribution in [0.4, 0.5) is 5.82 Å². The van der Waals surface area contributed by atoms with E-state index in [2.05, 4.69) is 45.7 Å². The normalized spacial score (nSPS) is 17.4. The van der Waals surface area contributed by atoms with Crippen LogP contribution in [0.15, 0.2) is 54.6 Å². The number of amides is 2. The maximum atomic E-state index is 14.1. The number of hydrogen-bond donors (Lipinski definition) is 0. The Morgan fingerprint density at radius 2 is 1.38 bits per heavy atom. The van der Waals surface area contributed by atoms with E-state index >= 15 is 0 Å². The van der Waals surface area contributed by atoms with Gasteiger partial charge in [-0.05, 0) is 25.2 Å². The number of anilines is 1. The Bertz CT molecular complexity index is 1170. The Hall–Kier alpha value is -3.32. The van der Waals surface area contributed by atoms with Crippen LogP contribution in [0.1, 0.15) is 23.7 Å². The Morgan fingerprint density at radius 1 is 0.765 bits per heavy atom. The van der Waals surface area contributed by atoms with E-state index in [1.165, 1.54) is 0 Å². The predicted molar refractivity (Wildman–Crippen MR) is 136 cm³/mol. The minimum Gasteiger partial charge on any atom is -0.353 e. The second-order valence-electron chi connectivity index (χ2n) is 9.20. The summed E-state index contributed by atoms with van der Waals surface area (Å²) in [6, 6.07) is 18.5. The molecular formula is C27H33N5O2. The van der Waals surface area contributed by atoms with Gasteiger partial charge < -0.3 is 19.6 Å². The van der Waals surface area contributed by atoms with Crippen LogP contribution in [0.25, 0.3) is 16.6 Å². The quantitative estimate of drug-likeness (QED) is 0.602. The second kappa shape index (κ2) is 9.50. The van der Waals surface area contributed by atoms with E-state index in [0.29, 0.717) is 32.6 Å². The molecule has 0 N–H and O–H groups in total. The molecule has 1 aromatic heterocycles. The summed E-state index contributed by atoms with van der Waals surface area (Å²) < 4.78 is 2.23. The van der Waals surface area contributed by atoms with Crippen molar-refractivity contribution in [2.45, 2.75) is 13.3 Å². The molecular weight excluding hydrogens is 426 g/mol. The number of aromatic nitrogens is 1. The standard InChI is InChI=1S/C27H33N5O2/c1-3-24(33)29-17-19-30(20-18-29)26-25(27(34)31-15-13-28(2)14-16-31)22-11-7-8-12-23(22)32(26)21-9-5-4-6-10-21/h4-12H,3,13-20H2,1-2H3. The molecule has 0 spiro atoms. The molecule has 7 heteroatoms. The Labute approximate surface area is 201 Å². The van der Waals surface area contributed by atoms with Crippen molar-refractivity contribution >= 4 is 28.5 Å². The fourth-order valence-corrected chi connectivity index (χ4v) is 5.13. The minimum atomic E-state index is 0.0982. The molecule has 0 aliphatic carbocycles. The number of carbonyl (C=O) groups excluding carboxylic acids is 2. The number of likely N-dealkylation sites (N-methyl/N-ethyl adjacent to an activating group) is 1. The number of hydrogen-bond acceptors (Lipinski definition) is 4. The third kappa shape index (κ3) is 4.05. The monoisotopic (exact) mass is 459 g/mol. The molecule has 2 amide bonds. The van der Waals surface area contributed by atoms with Gasteiger partial charge in [0.15, 0.2) is 0 Å². The molecule has 0 unspecified atom stereocenters. The summed E-state index contributed by atoms with van der Waals surface area (Å²) in [4.78, 5) is 34.8. The largest absolute Gasteiger partial charge is 0.353 e. The molecule has 2 aromatic carbocycles. The fourth-order valence-electron chi connectivity index (χ4n) is 5.13. The van der Waals surface area contributed by atoms with E-state index < -0.39 is 0 Å². The third-order valence-corrected chi connectivity index (χ3v) is 7.10. The van der Waals surface area contributed by atoms with Gasteiger partial charge in [-0.1, -0.05) is 43.3 Å². The van der Waals surface area contributed by atoms with E-state index in [9.17, 15) is 9.59 Å². The highest BCUT2D eigenvalue weighted by Gasteiger charge is 2.32. The topological polar surface area (TPSA) is 52.0 Å². The van der Waals surface area contributed by atoms with Crippen molar-refractivity contribution in [2.24, 2.45) is 0 Å². The van der Waals surface area contributed by atoms with Crippen LogP contribution in [-0.2, 0) is 4.79 Å². The van der Waals surface area contributed by atoms with Crippen molar-refractivity contribution in [1.82, 2.24) is 19.3 Å². The molecule has 5 rings (SSSR count). The number of rotatable bonds is 4. The lowest BCUT2D eigenvalue weighted by molar-refractivity contribution is -0.131. The van der Waals surface area contributed by atoms with E-state index in [-0.39, 0.29) is 11.8 Å². The summed E-state index contributed by atoms with van der Waals surface area (Å²) in [6.07, 6.45) is 0.525. The number of carbonyl (C=O) groups is 2. The van der Waals surface area contributed by atoms with Gasteiger partial charge in [-0.2, -0.15) is 0 Å². The van der Waals surface area contributed by atoms with Gasteiger partial charge in [0.1, 0.15) is 5.82 Å². The zero-order valence-electron chi connectivity index (χ0n) is 20.1.